The molecular formula is C114H156O2S6. The van der Waals surface area contributed by atoms with Crippen molar-refractivity contribution < 1.29 is 9.59 Å². The number of thiophene rings is 6. The molecule has 6 heterocycles. The second kappa shape index (κ2) is 46.6. The van der Waals surface area contributed by atoms with Crippen LogP contribution in [0.2, 0.25) is 0 Å². The summed E-state index contributed by atoms with van der Waals surface area (Å²) < 4.78 is 8.47. The number of allylic oxidation sites excluding steroid dienone is 2. The van der Waals surface area contributed by atoms with Gasteiger partial charge in [-0.15, -0.1) is 68.0 Å². The number of benzene rings is 4. The normalized spacial score (nSPS) is 17.1. The molecule has 10 aromatic rings. The molecule has 0 fully saturated rings. The molecule has 0 saturated carbocycles. The first-order chi connectivity index (χ1) is 59.6. The summed E-state index contributed by atoms with van der Waals surface area (Å²) in [6, 6.07) is 38.6. The van der Waals surface area contributed by atoms with E-state index in [1.54, 1.807) is 23.3 Å². The van der Waals surface area contributed by atoms with Crippen molar-refractivity contribution in [2.24, 2.45) is 47.3 Å². The highest BCUT2D eigenvalue weighted by atomic mass is 32.1. The quantitative estimate of drug-likeness (QED) is 0.0281. The molecule has 0 saturated heterocycles. The predicted molar refractivity (Wildman–Crippen MR) is 547 cm³/mol. The van der Waals surface area contributed by atoms with Crippen molar-refractivity contribution >= 4 is 121 Å². The monoisotopic (exact) mass is 1750 g/mol. The van der Waals surface area contributed by atoms with Gasteiger partial charge in [0.1, 0.15) is 12.6 Å². The summed E-state index contributed by atoms with van der Waals surface area (Å²) in [5, 5.41) is 0. The zero-order valence-corrected chi connectivity index (χ0v) is 83.6. The lowest BCUT2D eigenvalue weighted by molar-refractivity contribution is -0.104. The van der Waals surface area contributed by atoms with Crippen molar-refractivity contribution in [2.75, 3.05) is 0 Å². The van der Waals surface area contributed by atoms with E-state index in [1.165, 1.54) is 331 Å². The van der Waals surface area contributed by atoms with Crippen molar-refractivity contribution in [3.8, 4) is 19.5 Å². The number of carbonyl (C=O) groups is 2. The summed E-state index contributed by atoms with van der Waals surface area (Å²) in [5.41, 5.74) is 22.8. The second-order valence-corrected chi connectivity index (χ2v) is 44.5. The minimum absolute atomic E-state index is 0.592. The van der Waals surface area contributed by atoms with E-state index in [2.05, 4.69) is 253 Å². The van der Waals surface area contributed by atoms with Crippen LogP contribution in [0, 0.1) is 47.3 Å². The predicted octanol–water partition coefficient (Wildman–Crippen LogP) is 36.7. The molecule has 2 nitrogen and oxygen atoms in total. The van der Waals surface area contributed by atoms with Crippen molar-refractivity contribution in [3.05, 3.63) is 196 Å². The summed E-state index contributed by atoms with van der Waals surface area (Å²) >= 11 is 12.4. The average molecular weight is 1750 g/mol. The number of fused-ring (bicyclic) bond motifs is 13. The van der Waals surface area contributed by atoms with Crippen LogP contribution < -0.4 is 0 Å². The molecule has 2 aliphatic rings. The van der Waals surface area contributed by atoms with E-state index in [0.29, 0.717) is 47.3 Å². The van der Waals surface area contributed by atoms with Gasteiger partial charge in [0.2, 0.25) is 0 Å². The third-order valence-electron chi connectivity index (χ3n) is 29.4. The molecule has 8 unspecified atom stereocenters. The van der Waals surface area contributed by atoms with Crippen LogP contribution in [0.15, 0.2) is 97.1 Å². The van der Waals surface area contributed by atoms with E-state index in [0.717, 1.165) is 73.7 Å². The Morgan fingerprint density at radius 2 is 0.443 bits per heavy atom. The SMILES string of the molecule is CCCCC(CC)Cc1cc(CC(CC)CCCC)cc(C2(c3cc(CC(CC)CCCC)cc(CC(CC)CCCC)c3)c3c(sc4cc(/C=C/C=O)sc34)-c3sc4c5c(sc4c32)-c2sc3cc(/C=C/C=O)sc3c2C5(c2cc(CC(CC)CCCC)cc(CC(CC)CCCC)c2)c2cc(CC(CC)CCCC)cc(CC(CC)CCCC)c2)c1. The Balaban J connectivity index is 1.33. The van der Waals surface area contributed by atoms with Gasteiger partial charge in [0.25, 0.3) is 0 Å². The summed E-state index contributed by atoms with van der Waals surface area (Å²) in [6.45, 7) is 39.0. The molecule has 8 heteroatoms. The molecule has 0 bridgehead atoms. The molecular weight excluding hydrogens is 1590 g/mol. The first kappa shape index (κ1) is 95.8. The van der Waals surface area contributed by atoms with Crippen molar-refractivity contribution in [1.82, 2.24) is 0 Å². The molecule has 8 atom stereocenters. The van der Waals surface area contributed by atoms with Crippen LogP contribution in [0.4, 0.5) is 0 Å². The second-order valence-electron chi connectivity index (χ2n) is 38.2. The minimum Gasteiger partial charge on any atom is -0.299 e. The number of aldehydes is 2. The zero-order valence-electron chi connectivity index (χ0n) is 78.7. The molecule has 12 rings (SSSR count). The standard InChI is InChI=1S/C114H156O2S6/c1-17-33-43-77(25-9)55-85-63-86(56-78(26-10)44-34-18-2)68-93(67-85)113(94-69-87(57-79(27-11)45-35-19-3)64-88(70-94)58-80(28-12)46-36-20-4)101-105-99(75-97(117-105)51-41-53-115)119-107(101)109-103(113)111-112(121-109)104-110(122-111)108-102(106-100(120-108)76-98(118-106)52-42-54-116)114(104,95-71-89(59-81(29-13)47-37-21-5)65-90(72-95)60-82(30-14)48-38-22-6)96-73-91(61-83(31-15)49-39-23-7)66-92(74-96)62-84(32-16)50-40-24-8/h41-42,51-54,63-84H,17-40,43-50,55-62H2,1-16H3/b51-41+,52-42+. The first-order valence-corrected chi connectivity index (χ1v) is 55.0. The molecule has 6 aromatic heterocycles. The maximum absolute atomic E-state index is 12.6. The zero-order chi connectivity index (χ0) is 86.5. The van der Waals surface area contributed by atoms with Crippen LogP contribution in [-0.2, 0) is 71.8 Å². The Morgan fingerprint density at radius 1 is 0.246 bits per heavy atom. The minimum atomic E-state index is -0.720. The van der Waals surface area contributed by atoms with Crippen LogP contribution in [-0.4, -0.2) is 12.6 Å². The lowest BCUT2D eigenvalue weighted by Crippen LogP contribution is -2.30. The highest BCUT2D eigenvalue weighted by molar-refractivity contribution is 7.37. The van der Waals surface area contributed by atoms with Gasteiger partial charge < -0.3 is 0 Å². The summed E-state index contributed by atoms with van der Waals surface area (Å²) in [4.78, 5) is 33.3. The smallest absolute Gasteiger partial charge is 0.142 e. The summed E-state index contributed by atoms with van der Waals surface area (Å²) in [6.07, 6.45) is 57.6. The van der Waals surface area contributed by atoms with Crippen molar-refractivity contribution in [3.63, 3.8) is 0 Å². The maximum atomic E-state index is 12.6. The van der Waals surface area contributed by atoms with Gasteiger partial charge in [0.15, 0.2) is 0 Å². The molecule has 122 heavy (non-hydrogen) atoms. The lowest BCUT2D eigenvalue weighted by Gasteiger charge is -2.36. The van der Waals surface area contributed by atoms with Gasteiger partial charge in [-0.05, 0) is 202 Å². The topological polar surface area (TPSA) is 34.1 Å². The first-order valence-electron chi connectivity index (χ1n) is 50.1. The Bertz CT molecular complexity index is 4410. The van der Waals surface area contributed by atoms with E-state index in [4.69, 9.17) is 0 Å². The number of hydrogen-bond donors (Lipinski definition) is 0. The van der Waals surface area contributed by atoms with Crippen LogP contribution in [0.3, 0.4) is 0 Å². The van der Waals surface area contributed by atoms with E-state index in [1.807, 2.05) is 22.7 Å². The van der Waals surface area contributed by atoms with Gasteiger partial charge in [0.05, 0.1) is 49.1 Å². The number of rotatable bonds is 56. The number of unbranched alkanes of at least 4 members (excludes halogenated alkanes) is 8. The van der Waals surface area contributed by atoms with Crippen LogP contribution >= 0.6 is 68.0 Å². The Kier molecular flexibility index (Phi) is 36.6. The van der Waals surface area contributed by atoms with Crippen LogP contribution in [0.1, 0.15) is 415 Å². The fraction of sp³-hybridized carbons (Fsp3) is 0.579. The van der Waals surface area contributed by atoms with Crippen molar-refractivity contribution in [1.29, 1.82) is 0 Å². The molecule has 660 valence electrons. The van der Waals surface area contributed by atoms with E-state index < -0.39 is 10.8 Å². The third-order valence-corrected chi connectivity index (χ3v) is 37.0. The summed E-state index contributed by atoms with van der Waals surface area (Å²) in [7, 11) is 0. The van der Waals surface area contributed by atoms with Gasteiger partial charge in [0, 0.05) is 41.4 Å². The molecule has 2 aliphatic carbocycles. The summed E-state index contributed by atoms with van der Waals surface area (Å²) in [5.74, 6) is 4.73. The Labute approximate surface area is 765 Å². The largest absolute Gasteiger partial charge is 0.299 e. The molecule has 0 spiro atoms. The maximum Gasteiger partial charge on any atom is 0.142 e. The van der Waals surface area contributed by atoms with E-state index in [9.17, 15) is 9.59 Å². The average Bonchev–Trinajstić information content (AvgIpc) is 1.47. The lowest BCUT2D eigenvalue weighted by atomic mass is 9.65. The Hall–Kier alpha value is -5.32. The molecule has 4 aromatic carbocycles. The van der Waals surface area contributed by atoms with E-state index in [-0.39, 0.29) is 0 Å². The van der Waals surface area contributed by atoms with E-state index >= 15 is 0 Å². The van der Waals surface area contributed by atoms with Crippen molar-refractivity contribution in [2.45, 2.75) is 378 Å². The molecule has 0 N–H and O–H groups in total. The van der Waals surface area contributed by atoms with Gasteiger partial charge in [-0.25, -0.2) is 0 Å². The molecule has 0 amide bonds. The van der Waals surface area contributed by atoms with Gasteiger partial charge in [-0.1, -0.05) is 389 Å². The van der Waals surface area contributed by atoms with Crippen LogP contribution in [0.5, 0.6) is 0 Å². The fourth-order valence-corrected chi connectivity index (χ4v) is 30.7. The van der Waals surface area contributed by atoms with Crippen LogP contribution in [0.25, 0.3) is 59.9 Å². The highest BCUT2D eigenvalue weighted by Gasteiger charge is 2.57. The third kappa shape index (κ3) is 21.5. The van der Waals surface area contributed by atoms with Gasteiger partial charge >= 0.3 is 0 Å². The molecule has 0 aliphatic heterocycles. The Morgan fingerprint density at radius 3 is 0.631 bits per heavy atom. The van der Waals surface area contributed by atoms with Gasteiger partial charge in [-0.2, -0.15) is 0 Å². The van der Waals surface area contributed by atoms with Gasteiger partial charge in [-0.3, -0.25) is 9.59 Å². The highest BCUT2D eigenvalue weighted by Crippen LogP contribution is 2.73. The molecule has 0 radical (unpaired) electrons. The number of hydrogen-bond acceptors (Lipinski definition) is 8. The number of carbonyl (C=O) groups excluding carboxylic acids is 2. The fourth-order valence-electron chi connectivity index (χ4n) is 22.0.